The van der Waals surface area contributed by atoms with Crippen molar-refractivity contribution < 1.29 is 9.90 Å². The molecule has 0 aliphatic carbocycles. The molecule has 1 aromatic carbocycles. The molecule has 0 aliphatic rings. The van der Waals surface area contributed by atoms with Crippen molar-refractivity contribution in [3.8, 4) is 5.75 Å². The average Bonchev–Trinajstić information content (AvgIpc) is 2.26. The molecule has 0 heterocycles. The van der Waals surface area contributed by atoms with E-state index >= 15 is 0 Å². The second kappa shape index (κ2) is 4.91. The van der Waals surface area contributed by atoms with Crippen molar-refractivity contribution in [1.29, 1.82) is 0 Å². The fourth-order valence-electron chi connectivity index (χ4n) is 1.87. The van der Waals surface area contributed by atoms with Crippen LogP contribution in [0, 0.1) is 0 Å². The lowest BCUT2D eigenvalue weighted by Crippen LogP contribution is -2.14. The molecule has 0 atom stereocenters. The van der Waals surface area contributed by atoms with Gasteiger partial charge in [-0.1, -0.05) is 40.7 Å². The molecule has 0 radical (unpaired) electrons. The van der Waals surface area contributed by atoms with Gasteiger partial charge in [0.1, 0.15) is 5.75 Å². The lowest BCUT2D eigenvalue weighted by molar-refractivity contribution is 0.0985. The number of carbonyl (C=O) groups is 1. The van der Waals surface area contributed by atoms with Gasteiger partial charge in [0.05, 0.1) is 5.56 Å². The van der Waals surface area contributed by atoms with E-state index in [1.807, 2.05) is 39.8 Å². The van der Waals surface area contributed by atoms with Gasteiger partial charge in [0, 0.05) is 12.0 Å². The summed E-state index contributed by atoms with van der Waals surface area (Å²) in [5.41, 5.74) is 2.27. The highest BCUT2D eigenvalue weighted by Gasteiger charge is 2.23. The predicted octanol–water partition coefficient (Wildman–Crippen LogP) is 3.84. The quantitative estimate of drug-likeness (QED) is 0.807. The monoisotopic (exact) mass is 234 g/mol. The van der Waals surface area contributed by atoms with Crippen LogP contribution in [0.3, 0.4) is 0 Å². The Hall–Kier alpha value is -1.31. The number of benzene rings is 1. The largest absolute Gasteiger partial charge is 0.507 e. The van der Waals surface area contributed by atoms with E-state index in [0.717, 1.165) is 17.5 Å². The van der Waals surface area contributed by atoms with Crippen LogP contribution in [0.2, 0.25) is 0 Å². The number of hydrogen-bond acceptors (Lipinski definition) is 2. The van der Waals surface area contributed by atoms with Crippen molar-refractivity contribution in [1.82, 2.24) is 0 Å². The van der Waals surface area contributed by atoms with Crippen LogP contribution in [0.1, 0.15) is 62.5 Å². The minimum atomic E-state index is -0.155. The van der Waals surface area contributed by atoms with Crippen molar-refractivity contribution in [2.24, 2.45) is 0 Å². The molecular formula is C15H22O2. The third kappa shape index (κ3) is 2.87. The van der Waals surface area contributed by atoms with Gasteiger partial charge in [-0.3, -0.25) is 4.79 Å². The third-order valence-corrected chi connectivity index (χ3v) is 3.01. The molecule has 0 saturated carbocycles. The Morgan fingerprint density at radius 2 is 1.82 bits per heavy atom. The molecule has 0 saturated heterocycles. The molecule has 2 nitrogen and oxygen atoms in total. The highest BCUT2D eigenvalue weighted by molar-refractivity contribution is 5.99. The standard InChI is InChI=1S/C15H22O2/c1-6-10-8-11(13(16)7-2)14(17)12(9-10)15(3,4)5/h8-9,17H,6-7H2,1-5H3. The van der Waals surface area contributed by atoms with Gasteiger partial charge in [-0.15, -0.1) is 0 Å². The highest BCUT2D eigenvalue weighted by atomic mass is 16.3. The predicted molar refractivity (Wildman–Crippen MR) is 70.8 cm³/mol. The topological polar surface area (TPSA) is 37.3 Å². The first kappa shape index (κ1) is 13.8. The molecule has 1 rings (SSSR count). The van der Waals surface area contributed by atoms with E-state index < -0.39 is 0 Å². The van der Waals surface area contributed by atoms with Gasteiger partial charge in [-0.2, -0.15) is 0 Å². The van der Waals surface area contributed by atoms with E-state index in [-0.39, 0.29) is 16.9 Å². The van der Waals surface area contributed by atoms with Crippen LogP contribution >= 0.6 is 0 Å². The van der Waals surface area contributed by atoms with Crippen molar-refractivity contribution >= 4 is 5.78 Å². The SMILES string of the molecule is CCC(=O)c1cc(CC)cc(C(C)(C)C)c1O. The summed E-state index contributed by atoms with van der Waals surface area (Å²) in [5.74, 6) is 0.157. The maximum absolute atomic E-state index is 11.8. The minimum Gasteiger partial charge on any atom is -0.507 e. The smallest absolute Gasteiger partial charge is 0.166 e. The summed E-state index contributed by atoms with van der Waals surface area (Å²) in [6, 6.07) is 3.82. The Labute approximate surface area is 104 Å². The van der Waals surface area contributed by atoms with Crippen LogP contribution in [-0.4, -0.2) is 10.9 Å². The summed E-state index contributed by atoms with van der Waals surface area (Å²) in [7, 11) is 0. The zero-order valence-corrected chi connectivity index (χ0v) is 11.4. The summed E-state index contributed by atoms with van der Waals surface area (Å²) in [4.78, 5) is 11.8. The summed E-state index contributed by atoms with van der Waals surface area (Å²) in [6.07, 6.45) is 1.29. The molecule has 0 aliphatic heterocycles. The van der Waals surface area contributed by atoms with Gasteiger partial charge < -0.3 is 5.11 Å². The number of hydrogen-bond donors (Lipinski definition) is 1. The first-order valence-corrected chi connectivity index (χ1v) is 6.20. The number of aryl methyl sites for hydroxylation is 1. The average molecular weight is 234 g/mol. The van der Waals surface area contributed by atoms with Crippen LogP contribution in [0.15, 0.2) is 12.1 Å². The fourth-order valence-corrected chi connectivity index (χ4v) is 1.87. The van der Waals surface area contributed by atoms with Crippen LogP contribution in [0.25, 0.3) is 0 Å². The fraction of sp³-hybridized carbons (Fsp3) is 0.533. The molecule has 0 bridgehead atoms. The number of phenolic OH excluding ortho intramolecular Hbond substituents is 1. The van der Waals surface area contributed by atoms with Crippen molar-refractivity contribution in [2.45, 2.75) is 52.9 Å². The minimum absolute atomic E-state index is 0.00306. The molecule has 94 valence electrons. The summed E-state index contributed by atoms with van der Waals surface area (Å²) in [6.45, 7) is 10.0. The number of aromatic hydroxyl groups is 1. The Kier molecular flexibility index (Phi) is 3.97. The molecule has 0 spiro atoms. The highest BCUT2D eigenvalue weighted by Crippen LogP contribution is 2.35. The summed E-state index contributed by atoms with van der Waals surface area (Å²) >= 11 is 0. The Morgan fingerprint density at radius 3 is 2.24 bits per heavy atom. The molecule has 17 heavy (non-hydrogen) atoms. The van der Waals surface area contributed by atoms with Gasteiger partial charge in [0.25, 0.3) is 0 Å². The third-order valence-electron chi connectivity index (χ3n) is 3.01. The van der Waals surface area contributed by atoms with Crippen LogP contribution < -0.4 is 0 Å². The second-order valence-electron chi connectivity index (χ2n) is 5.42. The molecule has 1 aromatic rings. The summed E-state index contributed by atoms with van der Waals surface area (Å²) < 4.78 is 0. The lowest BCUT2D eigenvalue weighted by Gasteiger charge is -2.23. The number of Topliss-reactive ketones (excluding diaryl/α,β-unsaturated/α-hetero) is 1. The van der Waals surface area contributed by atoms with Crippen LogP contribution in [0.5, 0.6) is 5.75 Å². The van der Waals surface area contributed by atoms with Gasteiger partial charge in [0.2, 0.25) is 0 Å². The zero-order chi connectivity index (χ0) is 13.2. The van der Waals surface area contributed by atoms with E-state index in [9.17, 15) is 9.90 Å². The zero-order valence-electron chi connectivity index (χ0n) is 11.4. The van der Waals surface area contributed by atoms with Crippen molar-refractivity contribution in [2.75, 3.05) is 0 Å². The second-order valence-corrected chi connectivity index (χ2v) is 5.42. The van der Waals surface area contributed by atoms with Crippen molar-refractivity contribution in [3.05, 3.63) is 28.8 Å². The first-order valence-electron chi connectivity index (χ1n) is 6.20. The molecule has 2 heteroatoms. The molecule has 0 aromatic heterocycles. The molecule has 1 N–H and O–H groups in total. The van der Waals surface area contributed by atoms with Gasteiger partial charge in [0.15, 0.2) is 5.78 Å². The number of rotatable bonds is 3. The number of ketones is 1. The van der Waals surface area contributed by atoms with E-state index in [1.54, 1.807) is 0 Å². The Balaban J connectivity index is 3.47. The van der Waals surface area contributed by atoms with Crippen LogP contribution in [0.4, 0.5) is 0 Å². The van der Waals surface area contributed by atoms with E-state index in [2.05, 4.69) is 6.92 Å². The number of carbonyl (C=O) groups excluding carboxylic acids is 1. The van der Waals surface area contributed by atoms with E-state index in [1.165, 1.54) is 0 Å². The molecule has 0 amide bonds. The van der Waals surface area contributed by atoms with Gasteiger partial charge in [-0.05, 0) is 23.5 Å². The lowest BCUT2D eigenvalue weighted by atomic mass is 9.83. The maximum Gasteiger partial charge on any atom is 0.166 e. The first-order chi connectivity index (χ1) is 7.81. The normalized spacial score (nSPS) is 11.6. The Morgan fingerprint density at radius 1 is 1.24 bits per heavy atom. The molecular weight excluding hydrogens is 212 g/mol. The van der Waals surface area contributed by atoms with E-state index in [0.29, 0.717) is 12.0 Å². The molecule has 0 fully saturated rings. The van der Waals surface area contributed by atoms with E-state index in [4.69, 9.17) is 0 Å². The number of phenols is 1. The Bertz CT molecular complexity index is 425. The molecule has 0 unspecified atom stereocenters. The van der Waals surface area contributed by atoms with Crippen LogP contribution in [-0.2, 0) is 11.8 Å². The summed E-state index contributed by atoms with van der Waals surface area (Å²) in [5, 5.41) is 10.2. The maximum atomic E-state index is 11.8. The van der Waals surface area contributed by atoms with Gasteiger partial charge in [-0.25, -0.2) is 0 Å². The van der Waals surface area contributed by atoms with Gasteiger partial charge >= 0.3 is 0 Å². The van der Waals surface area contributed by atoms with Crippen molar-refractivity contribution in [3.63, 3.8) is 0 Å².